The smallest absolute Gasteiger partial charge is 0.191 e. The monoisotopic (exact) mass is 492 g/mol. The zero-order valence-electron chi connectivity index (χ0n) is 16.0. The summed E-state index contributed by atoms with van der Waals surface area (Å²) in [6.45, 7) is 7.05. The van der Waals surface area contributed by atoms with Gasteiger partial charge in [-0.25, -0.2) is 0 Å². The molecule has 1 saturated heterocycles. The molecule has 0 unspecified atom stereocenters. The summed E-state index contributed by atoms with van der Waals surface area (Å²) in [5.41, 5.74) is 0.404. The van der Waals surface area contributed by atoms with Crippen LogP contribution in [0, 0.1) is 5.41 Å². The molecule has 26 heavy (non-hydrogen) atoms. The van der Waals surface area contributed by atoms with Gasteiger partial charge in [0.15, 0.2) is 5.96 Å². The fraction of sp³-hybridized carbons (Fsp3) is 0.737. The number of halogens is 1. The summed E-state index contributed by atoms with van der Waals surface area (Å²) in [6.07, 6.45) is 6.04. The number of ether oxygens (including phenoxy) is 1. The number of nitrogens with one attached hydrogen (secondary N) is 2. The number of rotatable bonds is 8. The number of piperidine rings is 1. The van der Waals surface area contributed by atoms with Crippen LogP contribution in [0.5, 0.6) is 0 Å². The second kappa shape index (κ2) is 10.7. The van der Waals surface area contributed by atoms with Gasteiger partial charge in [-0.2, -0.15) is 0 Å². The van der Waals surface area contributed by atoms with Crippen molar-refractivity contribution in [1.29, 1.82) is 0 Å². The molecule has 0 radical (unpaired) electrons. The van der Waals surface area contributed by atoms with Gasteiger partial charge >= 0.3 is 0 Å². The van der Waals surface area contributed by atoms with E-state index in [1.54, 1.807) is 7.11 Å². The Morgan fingerprint density at radius 3 is 2.73 bits per heavy atom. The molecular formula is C19H33IN4OS. The molecule has 2 aliphatic rings. The summed E-state index contributed by atoms with van der Waals surface area (Å²) < 4.78 is 5.25. The molecule has 0 atom stereocenters. The molecule has 2 fully saturated rings. The first-order valence-electron chi connectivity index (χ1n) is 9.57. The predicted molar refractivity (Wildman–Crippen MR) is 122 cm³/mol. The Balaban J connectivity index is 0.00000243. The summed E-state index contributed by atoms with van der Waals surface area (Å²) in [6, 6.07) is 4.87. The number of anilines is 1. The molecule has 0 bridgehead atoms. The van der Waals surface area contributed by atoms with Crippen LogP contribution in [-0.2, 0) is 4.74 Å². The molecule has 3 rings (SSSR count). The largest absolute Gasteiger partial charge is 0.385 e. The molecule has 2 N–H and O–H groups in total. The van der Waals surface area contributed by atoms with Crippen LogP contribution in [0.25, 0.3) is 0 Å². The lowest BCUT2D eigenvalue weighted by molar-refractivity contribution is 0.174. The maximum absolute atomic E-state index is 5.25. The van der Waals surface area contributed by atoms with Crippen molar-refractivity contribution >= 4 is 46.3 Å². The van der Waals surface area contributed by atoms with E-state index in [0.717, 1.165) is 58.0 Å². The Bertz CT molecular complexity index is 540. The highest BCUT2D eigenvalue weighted by Crippen LogP contribution is 2.48. The van der Waals surface area contributed by atoms with Crippen molar-refractivity contribution in [3.63, 3.8) is 0 Å². The average Bonchev–Trinajstić information content (AvgIpc) is 3.19. The van der Waals surface area contributed by atoms with Gasteiger partial charge in [-0.3, -0.25) is 4.99 Å². The zero-order valence-corrected chi connectivity index (χ0v) is 19.1. The second-order valence-corrected chi connectivity index (χ2v) is 8.22. The average molecular weight is 492 g/mol. The Hall–Kier alpha value is -0.540. The Morgan fingerprint density at radius 2 is 2.15 bits per heavy atom. The predicted octanol–water partition coefficient (Wildman–Crippen LogP) is 3.71. The number of methoxy groups -OCH3 is 1. The van der Waals surface area contributed by atoms with E-state index in [2.05, 4.69) is 40.0 Å². The van der Waals surface area contributed by atoms with Crippen LogP contribution in [0.3, 0.4) is 0 Å². The maximum atomic E-state index is 5.25. The van der Waals surface area contributed by atoms with Crippen molar-refractivity contribution < 1.29 is 4.74 Å². The van der Waals surface area contributed by atoms with Gasteiger partial charge in [0.2, 0.25) is 0 Å². The topological polar surface area (TPSA) is 48.9 Å². The van der Waals surface area contributed by atoms with Crippen LogP contribution >= 0.6 is 35.3 Å². The van der Waals surface area contributed by atoms with Gasteiger partial charge in [0.05, 0.1) is 5.00 Å². The molecule has 7 heteroatoms. The van der Waals surface area contributed by atoms with Crippen LogP contribution in [0.15, 0.2) is 22.5 Å². The standard InChI is InChI=1S/C19H32N4OS.HI/c1-3-20-18(21-15-19(8-9-19)10-13-24-2)22-16-6-11-23(12-7-16)17-5-4-14-25-17;/h4-5,14,16H,3,6-13,15H2,1-2H3,(H2,20,21,22);1H. The third-order valence-electron chi connectivity index (χ3n) is 5.36. The van der Waals surface area contributed by atoms with Gasteiger partial charge in [0.1, 0.15) is 0 Å². The van der Waals surface area contributed by atoms with E-state index in [1.807, 2.05) is 11.3 Å². The van der Waals surface area contributed by atoms with Crippen LogP contribution in [0.4, 0.5) is 5.00 Å². The van der Waals surface area contributed by atoms with Crippen molar-refractivity contribution in [3.8, 4) is 0 Å². The van der Waals surface area contributed by atoms with Crippen LogP contribution < -0.4 is 15.5 Å². The minimum Gasteiger partial charge on any atom is -0.385 e. The molecule has 1 aliphatic carbocycles. The Labute approximate surface area is 179 Å². The molecule has 5 nitrogen and oxygen atoms in total. The third kappa shape index (κ3) is 6.27. The molecule has 0 spiro atoms. The zero-order chi connectivity index (χ0) is 17.5. The number of thiophene rings is 1. The summed E-state index contributed by atoms with van der Waals surface area (Å²) in [5, 5.41) is 10.6. The first-order chi connectivity index (χ1) is 12.2. The van der Waals surface area contributed by atoms with Gasteiger partial charge in [0.25, 0.3) is 0 Å². The van der Waals surface area contributed by atoms with Crippen LogP contribution in [-0.4, -0.2) is 51.9 Å². The summed E-state index contributed by atoms with van der Waals surface area (Å²) in [7, 11) is 1.79. The van der Waals surface area contributed by atoms with Gasteiger partial charge in [-0.15, -0.1) is 35.3 Å². The number of nitrogens with zero attached hydrogens (tertiary/aromatic N) is 2. The molecule has 1 saturated carbocycles. The molecule has 1 aliphatic heterocycles. The molecule has 0 aromatic carbocycles. The fourth-order valence-corrected chi connectivity index (χ4v) is 4.22. The van der Waals surface area contributed by atoms with Crippen molar-refractivity contribution in [3.05, 3.63) is 17.5 Å². The van der Waals surface area contributed by atoms with Gasteiger partial charge in [-0.05, 0) is 62.0 Å². The van der Waals surface area contributed by atoms with Gasteiger partial charge < -0.3 is 20.3 Å². The van der Waals surface area contributed by atoms with Gasteiger partial charge in [-0.1, -0.05) is 0 Å². The lowest BCUT2D eigenvalue weighted by Gasteiger charge is -2.33. The molecule has 148 valence electrons. The molecular weight excluding hydrogens is 459 g/mol. The molecule has 1 aromatic heterocycles. The van der Waals surface area contributed by atoms with E-state index in [0.29, 0.717) is 11.5 Å². The molecule has 0 amide bonds. The van der Waals surface area contributed by atoms with Crippen LogP contribution in [0.1, 0.15) is 39.0 Å². The SMILES string of the molecule is CCNC(=NCC1(CCOC)CC1)NC1CCN(c2cccs2)CC1.I. The van der Waals surface area contributed by atoms with Crippen molar-refractivity contribution in [2.24, 2.45) is 10.4 Å². The number of aliphatic imine (C=N–C) groups is 1. The third-order valence-corrected chi connectivity index (χ3v) is 6.29. The Kier molecular flexibility index (Phi) is 8.96. The number of guanidine groups is 1. The minimum absolute atomic E-state index is 0. The second-order valence-electron chi connectivity index (χ2n) is 7.29. The highest BCUT2D eigenvalue weighted by Gasteiger charge is 2.41. The molecule has 2 heterocycles. The number of hydrogen-bond donors (Lipinski definition) is 2. The van der Waals surface area contributed by atoms with E-state index in [-0.39, 0.29) is 24.0 Å². The Morgan fingerprint density at radius 1 is 1.38 bits per heavy atom. The summed E-state index contributed by atoms with van der Waals surface area (Å²) in [4.78, 5) is 7.39. The summed E-state index contributed by atoms with van der Waals surface area (Å²) >= 11 is 1.84. The lowest BCUT2D eigenvalue weighted by Crippen LogP contribution is -2.48. The van der Waals surface area contributed by atoms with Crippen molar-refractivity contribution in [2.45, 2.75) is 45.1 Å². The van der Waals surface area contributed by atoms with E-state index in [9.17, 15) is 0 Å². The van der Waals surface area contributed by atoms with E-state index < -0.39 is 0 Å². The first kappa shape index (κ1) is 21.8. The normalized spacial score (nSPS) is 19.8. The number of hydrogen-bond acceptors (Lipinski definition) is 4. The van der Waals surface area contributed by atoms with Crippen LogP contribution in [0.2, 0.25) is 0 Å². The highest BCUT2D eigenvalue weighted by molar-refractivity contribution is 14.0. The lowest BCUT2D eigenvalue weighted by atomic mass is 10.0. The van der Waals surface area contributed by atoms with E-state index in [4.69, 9.17) is 9.73 Å². The maximum Gasteiger partial charge on any atom is 0.191 e. The highest BCUT2D eigenvalue weighted by atomic mass is 127. The molecule has 1 aromatic rings. The van der Waals surface area contributed by atoms with E-state index in [1.165, 1.54) is 17.8 Å². The quantitative estimate of drug-likeness (QED) is 0.330. The summed E-state index contributed by atoms with van der Waals surface area (Å²) in [5.74, 6) is 0.987. The minimum atomic E-state index is 0. The van der Waals surface area contributed by atoms with Crippen molar-refractivity contribution in [2.75, 3.05) is 44.8 Å². The van der Waals surface area contributed by atoms with E-state index >= 15 is 0 Å². The fourth-order valence-electron chi connectivity index (χ4n) is 3.44. The van der Waals surface area contributed by atoms with Gasteiger partial charge in [0, 0.05) is 45.9 Å². The van der Waals surface area contributed by atoms with Crippen molar-refractivity contribution in [1.82, 2.24) is 10.6 Å². The first-order valence-corrected chi connectivity index (χ1v) is 10.4.